The molecule has 0 spiro atoms. The molecule has 1 aromatic carbocycles. The predicted octanol–water partition coefficient (Wildman–Crippen LogP) is 3.75. The van der Waals surface area contributed by atoms with Gasteiger partial charge in [-0.3, -0.25) is 0 Å². The largest absolute Gasteiger partial charge is 0.465 e. The molecule has 1 N–H and O–H groups in total. The maximum Gasteiger partial charge on any atom is 0.341 e. The van der Waals surface area contributed by atoms with Gasteiger partial charge in [0.1, 0.15) is 5.56 Å². The molecule has 0 bridgehead atoms. The van der Waals surface area contributed by atoms with Crippen molar-refractivity contribution in [2.45, 2.75) is 13.8 Å². The van der Waals surface area contributed by atoms with Crippen LogP contribution in [0.4, 0.5) is 11.1 Å². The van der Waals surface area contributed by atoms with Crippen LogP contribution in [0.2, 0.25) is 0 Å². The van der Waals surface area contributed by atoms with E-state index in [1.807, 2.05) is 35.7 Å². The van der Waals surface area contributed by atoms with Gasteiger partial charge in [0, 0.05) is 10.9 Å². The molecule has 0 fully saturated rings. The average molecular weight is 340 g/mol. The van der Waals surface area contributed by atoms with Crippen LogP contribution in [0.3, 0.4) is 0 Å². The van der Waals surface area contributed by atoms with E-state index in [4.69, 9.17) is 4.74 Å². The molecule has 0 atom stereocenters. The van der Waals surface area contributed by atoms with Crippen molar-refractivity contribution in [1.29, 1.82) is 0 Å². The Morgan fingerprint density at radius 1 is 1.08 bits per heavy atom. The fourth-order valence-electron chi connectivity index (χ4n) is 2.34. The van der Waals surface area contributed by atoms with Gasteiger partial charge in [-0.1, -0.05) is 30.3 Å². The van der Waals surface area contributed by atoms with Crippen molar-refractivity contribution >= 4 is 28.4 Å². The third kappa shape index (κ3) is 3.26. The Bertz CT molecular complexity index is 854. The zero-order chi connectivity index (χ0) is 17.1. The van der Waals surface area contributed by atoms with E-state index in [-0.39, 0.29) is 0 Å². The van der Waals surface area contributed by atoms with Crippen LogP contribution in [0.5, 0.6) is 0 Å². The van der Waals surface area contributed by atoms with Crippen molar-refractivity contribution in [3.05, 3.63) is 52.7 Å². The molecule has 0 aliphatic carbocycles. The van der Waals surface area contributed by atoms with Gasteiger partial charge < -0.3 is 10.1 Å². The summed E-state index contributed by atoms with van der Waals surface area (Å²) >= 11 is 1.47. The SMILES string of the molecule is COC(=O)c1c(C)nc(Nc2nc(-c3ccccc3)cs2)nc1C. The number of esters is 1. The van der Waals surface area contributed by atoms with Crippen molar-refractivity contribution in [2.24, 2.45) is 0 Å². The van der Waals surface area contributed by atoms with Crippen molar-refractivity contribution in [3.8, 4) is 11.3 Å². The Morgan fingerprint density at radius 2 is 1.75 bits per heavy atom. The number of aryl methyl sites for hydroxylation is 2. The number of methoxy groups -OCH3 is 1. The quantitative estimate of drug-likeness (QED) is 0.729. The lowest BCUT2D eigenvalue weighted by Gasteiger charge is -2.09. The van der Waals surface area contributed by atoms with E-state index >= 15 is 0 Å². The number of ether oxygens (including phenoxy) is 1. The lowest BCUT2D eigenvalue weighted by atomic mass is 10.2. The number of aromatic nitrogens is 3. The Balaban J connectivity index is 1.85. The summed E-state index contributed by atoms with van der Waals surface area (Å²) < 4.78 is 4.76. The number of rotatable bonds is 4. The van der Waals surface area contributed by atoms with E-state index in [2.05, 4.69) is 20.3 Å². The number of carbonyl (C=O) groups excluding carboxylic acids is 1. The summed E-state index contributed by atoms with van der Waals surface area (Å²) in [7, 11) is 1.34. The summed E-state index contributed by atoms with van der Waals surface area (Å²) in [5.74, 6) is -0.0243. The van der Waals surface area contributed by atoms with E-state index in [1.165, 1.54) is 18.4 Å². The molecule has 3 aromatic rings. The Labute approximate surface area is 143 Å². The van der Waals surface area contributed by atoms with E-state index in [9.17, 15) is 4.79 Å². The molecule has 122 valence electrons. The summed E-state index contributed by atoms with van der Waals surface area (Å²) in [6, 6.07) is 9.94. The second-order valence-corrected chi connectivity index (χ2v) is 5.97. The van der Waals surface area contributed by atoms with Crippen LogP contribution in [0.25, 0.3) is 11.3 Å². The van der Waals surface area contributed by atoms with Crippen molar-refractivity contribution in [2.75, 3.05) is 12.4 Å². The molecule has 3 rings (SSSR count). The molecular formula is C17H16N4O2S. The van der Waals surface area contributed by atoms with Crippen LogP contribution in [-0.2, 0) is 4.74 Å². The standard InChI is InChI=1S/C17H16N4O2S/c1-10-14(15(22)23-3)11(2)19-16(18-10)21-17-20-13(9-24-17)12-7-5-4-6-8-12/h4-9H,1-3H3,(H,18,19,20,21). The molecule has 0 radical (unpaired) electrons. The minimum absolute atomic E-state index is 0.396. The summed E-state index contributed by atoms with van der Waals surface area (Å²) in [6.07, 6.45) is 0. The normalized spacial score (nSPS) is 10.5. The predicted molar refractivity (Wildman–Crippen MR) is 93.7 cm³/mol. The van der Waals surface area contributed by atoms with Crippen LogP contribution in [0.15, 0.2) is 35.7 Å². The van der Waals surface area contributed by atoms with E-state index in [0.29, 0.717) is 28.0 Å². The van der Waals surface area contributed by atoms with Gasteiger partial charge in [-0.15, -0.1) is 11.3 Å². The number of hydrogen-bond acceptors (Lipinski definition) is 7. The first-order valence-electron chi connectivity index (χ1n) is 7.30. The lowest BCUT2D eigenvalue weighted by molar-refractivity contribution is 0.0598. The zero-order valence-electron chi connectivity index (χ0n) is 13.5. The van der Waals surface area contributed by atoms with Crippen LogP contribution in [0.1, 0.15) is 21.7 Å². The van der Waals surface area contributed by atoms with Gasteiger partial charge >= 0.3 is 5.97 Å². The second kappa shape index (κ2) is 6.76. The minimum atomic E-state index is -0.433. The molecule has 0 amide bonds. The fraction of sp³-hybridized carbons (Fsp3) is 0.176. The summed E-state index contributed by atoms with van der Waals surface area (Å²) in [5, 5.41) is 5.76. The van der Waals surface area contributed by atoms with E-state index in [1.54, 1.807) is 13.8 Å². The van der Waals surface area contributed by atoms with Crippen LogP contribution < -0.4 is 5.32 Å². The highest BCUT2D eigenvalue weighted by Gasteiger charge is 2.17. The first-order chi connectivity index (χ1) is 11.6. The Morgan fingerprint density at radius 3 is 2.38 bits per heavy atom. The number of anilines is 2. The van der Waals surface area contributed by atoms with Gasteiger partial charge in [0.25, 0.3) is 0 Å². The van der Waals surface area contributed by atoms with Gasteiger partial charge in [0.15, 0.2) is 5.13 Å². The van der Waals surface area contributed by atoms with Crippen LogP contribution >= 0.6 is 11.3 Å². The average Bonchev–Trinajstić information content (AvgIpc) is 3.03. The Kier molecular flexibility index (Phi) is 4.52. The molecular weight excluding hydrogens is 324 g/mol. The molecule has 2 heterocycles. The van der Waals surface area contributed by atoms with Gasteiger partial charge in [-0.25, -0.2) is 19.7 Å². The number of nitrogens with one attached hydrogen (secondary N) is 1. The Hall–Kier alpha value is -2.80. The summed E-state index contributed by atoms with van der Waals surface area (Å²) in [4.78, 5) is 24.9. The maximum atomic E-state index is 11.8. The van der Waals surface area contributed by atoms with Crippen LogP contribution in [-0.4, -0.2) is 28.0 Å². The number of carbonyl (C=O) groups is 1. The van der Waals surface area contributed by atoms with Gasteiger partial charge in [-0.05, 0) is 13.8 Å². The third-order valence-corrected chi connectivity index (χ3v) is 4.21. The van der Waals surface area contributed by atoms with Crippen LogP contribution in [0, 0.1) is 13.8 Å². The summed E-state index contributed by atoms with van der Waals surface area (Å²) in [5.41, 5.74) is 3.47. The van der Waals surface area contributed by atoms with Crippen molar-refractivity contribution < 1.29 is 9.53 Å². The molecule has 0 aliphatic rings. The molecule has 0 saturated carbocycles. The van der Waals surface area contributed by atoms with Gasteiger partial charge in [-0.2, -0.15) is 0 Å². The second-order valence-electron chi connectivity index (χ2n) is 5.11. The first-order valence-corrected chi connectivity index (χ1v) is 8.18. The molecule has 2 aromatic heterocycles. The smallest absolute Gasteiger partial charge is 0.341 e. The molecule has 7 heteroatoms. The fourth-order valence-corrected chi connectivity index (χ4v) is 3.05. The van der Waals surface area contributed by atoms with Crippen molar-refractivity contribution in [1.82, 2.24) is 15.0 Å². The number of benzene rings is 1. The monoisotopic (exact) mass is 340 g/mol. The number of nitrogens with zero attached hydrogens (tertiary/aromatic N) is 3. The maximum absolute atomic E-state index is 11.8. The lowest BCUT2D eigenvalue weighted by Crippen LogP contribution is -2.11. The molecule has 0 saturated heterocycles. The number of hydrogen-bond donors (Lipinski definition) is 1. The summed E-state index contributed by atoms with van der Waals surface area (Å²) in [6.45, 7) is 3.51. The molecule has 0 aliphatic heterocycles. The minimum Gasteiger partial charge on any atom is -0.465 e. The third-order valence-electron chi connectivity index (χ3n) is 3.45. The molecule has 24 heavy (non-hydrogen) atoms. The van der Waals surface area contributed by atoms with Crippen molar-refractivity contribution in [3.63, 3.8) is 0 Å². The number of thiazole rings is 1. The highest BCUT2D eigenvalue weighted by Crippen LogP contribution is 2.26. The zero-order valence-corrected chi connectivity index (χ0v) is 14.3. The molecule has 0 unspecified atom stereocenters. The van der Waals surface area contributed by atoms with E-state index < -0.39 is 5.97 Å². The molecule has 6 nitrogen and oxygen atoms in total. The topological polar surface area (TPSA) is 77.0 Å². The highest BCUT2D eigenvalue weighted by atomic mass is 32.1. The highest BCUT2D eigenvalue weighted by molar-refractivity contribution is 7.14. The van der Waals surface area contributed by atoms with Gasteiger partial charge in [0.05, 0.1) is 24.2 Å². The van der Waals surface area contributed by atoms with Gasteiger partial charge in [0.2, 0.25) is 5.95 Å². The van der Waals surface area contributed by atoms with E-state index in [0.717, 1.165) is 11.3 Å². The first kappa shape index (κ1) is 16.1.